The lowest BCUT2D eigenvalue weighted by molar-refractivity contribution is 0.102. The van der Waals surface area contributed by atoms with E-state index in [0.29, 0.717) is 23.4 Å². The van der Waals surface area contributed by atoms with Crippen molar-refractivity contribution in [3.05, 3.63) is 52.1 Å². The third-order valence-electron chi connectivity index (χ3n) is 3.66. The van der Waals surface area contributed by atoms with Gasteiger partial charge in [0.15, 0.2) is 0 Å². The number of rotatable bonds is 6. The first kappa shape index (κ1) is 19.6. The van der Waals surface area contributed by atoms with E-state index in [0.717, 1.165) is 5.69 Å². The summed E-state index contributed by atoms with van der Waals surface area (Å²) in [5.41, 5.74) is 1.01. The molecule has 1 heterocycles. The van der Waals surface area contributed by atoms with Crippen LogP contribution in [0.1, 0.15) is 29.9 Å². The van der Waals surface area contributed by atoms with Crippen LogP contribution in [-0.4, -0.2) is 36.7 Å². The van der Waals surface area contributed by atoms with Crippen molar-refractivity contribution in [1.29, 1.82) is 0 Å². The Hall–Kier alpha value is -1.77. The second kappa shape index (κ2) is 8.07. The molecule has 0 aliphatic heterocycles. The maximum atomic E-state index is 12.7. The van der Waals surface area contributed by atoms with Crippen molar-refractivity contribution in [2.75, 3.05) is 18.4 Å². The van der Waals surface area contributed by atoms with Crippen molar-refractivity contribution < 1.29 is 13.2 Å². The van der Waals surface area contributed by atoms with Gasteiger partial charge in [0.1, 0.15) is 5.82 Å². The SMILES string of the molecule is CCN(CC)S(=O)(=O)c1ccc(Br)c(C(=O)Nc2cccc(C)n2)c1. The predicted octanol–water partition coefficient (Wildman–Crippen LogP) is 3.44. The molecule has 1 aromatic heterocycles. The lowest BCUT2D eigenvalue weighted by Crippen LogP contribution is -2.30. The molecule has 0 spiro atoms. The lowest BCUT2D eigenvalue weighted by Gasteiger charge is -2.19. The van der Waals surface area contributed by atoms with E-state index < -0.39 is 15.9 Å². The van der Waals surface area contributed by atoms with E-state index in [9.17, 15) is 13.2 Å². The molecule has 1 aromatic carbocycles. The van der Waals surface area contributed by atoms with E-state index in [2.05, 4.69) is 26.2 Å². The first-order chi connectivity index (χ1) is 11.8. The number of carbonyl (C=O) groups excluding carboxylic acids is 1. The van der Waals surface area contributed by atoms with E-state index in [1.165, 1.54) is 16.4 Å². The summed E-state index contributed by atoms with van der Waals surface area (Å²) in [4.78, 5) is 16.9. The molecule has 0 aliphatic rings. The van der Waals surface area contributed by atoms with Gasteiger partial charge in [-0.25, -0.2) is 13.4 Å². The number of aryl methyl sites for hydroxylation is 1. The quantitative estimate of drug-likeness (QED) is 0.768. The summed E-state index contributed by atoms with van der Waals surface area (Å²) >= 11 is 3.31. The monoisotopic (exact) mass is 425 g/mol. The molecular formula is C17H20BrN3O3S. The lowest BCUT2D eigenvalue weighted by atomic mass is 10.2. The van der Waals surface area contributed by atoms with Crippen molar-refractivity contribution >= 4 is 37.7 Å². The molecule has 2 rings (SSSR count). The zero-order valence-electron chi connectivity index (χ0n) is 14.3. The Morgan fingerprint density at radius 2 is 1.88 bits per heavy atom. The smallest absolute Gasteiger partial charge is 0.258 e. The number of hydrogen-bond donors (Lipinski definition) is 1. The Morgan fingerprint density at radius 1 is 1.20 bits per heavy atom. The third kappa shape index (κ3) is 4.45. The highest BCUT2D eigenvalue weighted by atomic mass is 79.9. The van der Waals surface area contributed by atoms with Crippen molar-refractivity contribution in [3.8, 4) is 0 Å². The van der Waals surface area contributed by atoms with E-state index in [1.807, 2.05) is 13.0 Å². The van der Waals surface area contributed by atoms with Gasteiger partial charge in [-0.2, -0.15) is 4.31 Å². The number of nitrogens with one attached hydrogen (secondary N) is 1. The summed E-state index contributed by atoms with van der Waals surface area (Å²) in [6.45, 7) is 6.10. The molecule has 1 amide bonds. The van der Waals surface area contributed by atoms with Crippen molar-refractivity contribution in [2.45, 2.75) is 25.7 Å². The van der Waals surface area contributed by atoms with Crippen LogP contribution in [0.15, 0.2) is 45.8 Å². The molecule has 134 valence electrons. The van der Waals surface area contributed by atoms with Crippen molar-refractivity contribution in [1.82, 2.24) is 9.29 Å². The van der Waals surface area contributed by atoms with E-state index in [-0.39, 0.29) is 10.5 Å². The van der Waals surface area contributed by atoms with Crippen LogP contribution in [0.5, 0.6) is 0 Å². The second-order valence-corrected chi connectivity index (χ2v) is 8.14. The van der Waals surface area contributed by atoms with Crippen LogP contribution in [0.2, 0.25) is 0 Å². The van der Waals surface area contributed by atoms with Gasteiger partial charge in [-0.05, 0) is 53.2 Å². The van der Waals surface area contributed by atoms with Gasteiger partial charge in [-0.1, -0.05) is 19.9 Å². The largest absolute Gasteiger partial charge is 0.307 e. The number of anilines is 1. The molecule has 8 heteroatoms. The van der Waals surface area contributed by atoms with Crippen LogP contribution in [0.25, 0.3) is 0 Å². The van der Waals surface area contributed by atoms with Crippen LogP contribution in [0, 0.1) is 6.92 Å². The highest BCUT2D eigenvalue weighted by Crippen LogP contribution is 2.24. The number of carbonyl (C=O) groups is 1. The highest BCUT2D eigenvalue weighted by molar-refractivity contribution is 9.10. The van der Waals surface area contributed by atoms with Crippen LogP contribution < -0.4 is 5.32 Å². The standard InChI is InChI=1S/C17H20BrN3O3S/c1-4-21(5-2)25(23,24)13-9-10-15(18)14(11-13)17(22)20-16-8-6-7-12(3)19-16/h6-11H,4-5H2,1-3H3,(H,19,20,22). The number of pyridine rings is 1. The van der Waals surface area contributed by atoms with E-state index >= 15 is 0 Å². The molecular weight excluding hydrogens is 406 g/mol. The number of benzene rings is 1. The molecule has 0 aliphatic carbocycles. The molecule has 0 fully saturated rings. The van der Waals surface area contributed by atoms with Crippen molar-refractivity contribution in [3.63, 3.8) is 0 Å². The first-order valence-electron chi connectivity index (χ1n) is 7.84. The van der Waals surface area contributed by atoms with Gasteiger partial charge in [0.05, 0.1) is 10.5 Å². The molecule has 0 radical (unpaired) electrons. The van der Waals surface area contributed by atoms with E-state index in [1.54, 1.807) is 32.0 Å². The zero-order chi connectivity index (χ0) is 18.6. The summed E-state index contributed by atoms with van der Waals surface area (Å²) in [5.74, 6) is -0.0181. The number of aromatic nitrogens is 1. The normalized spacial score (nSPS) is 11.6. The maximum absolute atomic E-state index is 12.7. The molecule has 6 nitrogen and oxygen atoms in total. The van der Waals surface area contributed by atoms with Crippen molar-refractivity contribution in [2.24, 2.45) is 0 Å². The summed E-state index contributed by atoms with van der Waals surface area (Å²) in [6, 6.07) is 9.71. The predicted molar refractivity (Wildman–Crippen MR) is 101 cm³/mol. The third-order valence-corrected chi connectivity index (χ3v) is 6.39. The van der Waals surface area contributed by atoms with E-state index in [4.69, 9.17) is 0 Å². The molecule has 2 aromatic rings. The van der Waals surface area contributed by atoms with Gasteiger partial charge in [-0.15, -0.1) is 0 Å². The van der Waals surface area contributed by atoms with Crippen LogP contribution in [0.3, 0.4) is 0 Å². The van der Waals surface area contributed by atoms with Crippen LogP contribution >= 0.6 is 15.9 Å². The Kier molecular flexibility index (Phi) is 6.31. The molecule has 0 saturated heterocycles. The molecule has 0 unspecified atom stereocenters. The van der Waals surface area contributed by atoms with Gasteiger partial charge in [0.2, 0.25) is 10.0 Å². The van der Waals surface area contributed by atoms with Gasteiger partial charge in [-0.3, -0.25) is 4.79 Å². The average molecular weight is 426 g/mol. The van der Waals surface area contributed by atoms with Crippen LogP contribution in [0.4, 0.5) is 5.82 Å². The molecule has 25 heavy (non-hydrogen) atoms. The number of halogens is 1. The highest BCUT2D eigenvalue weighted by Gasteiger charge is 2.23. The van der Waals surface area contributed by atoms with Gasteiger partial charge >= 0.3 is 0 Å². The summed E-state index contributed by atoms with van der Waals surface area (Å²) < 4.78 is 27.2. The fraction of sp³-hybridized carbons (Fsp3) is 0.294. The Balaban J connectivity index is 2.37. The minimum Gasteiger partial charge on any atom is -0.307 e. The summed E-state index contributed by atoms with van der Waals surface area (Å²) in [6.07, 6.45) is 0. The fourth-order valence-corrected chi connectivity index (χ4v) is 4.26. The second-order valence-electron chi connectivity index (χ2n) is 5.35. The molecule has 0 atom stereocenters. The minimum absolute atomic E-state index is 0.0850. The van der Waals surface area contributed by atoms with Gasteiger partial charge < -0.3 is 5.32 Å². The topological polar surface area (TPSA) is 79.4 Å². The molecule has 0 saturated carbocycles. The Morgan fingerprint density at radius 3 is 2.48 bits per heavy atom. The van der Waals surface area contributed by atoms with Crippen LogP contribution in [-0.2, 0) is 10.0 Å². The number of hydrogen-bond acceptors (Lipinski definition) is 4. The zero-order valence-corrected chi connectivity index (χ0v) is 16.7. The maximum Gasteiger partial charge on any atom is 0.258 e. The Bertz CT molecular complexity index is 880. The molecule has 0 bridgehead atoms. The molecule has 1 N–H and O–H groups in total. The average Bonchev–Trinajstić information content (AvgIpc) is 2.55. The minimum atomic E-state index is -3.64. The van der Waals surface area contributed by atoms with Gasteiger partial charge in [0, 0.05) is 23.3 Å². The number of nitrogens with zero attached hydrogens (tertiary/aromatic N) is 2. The number of amides is 1. The summed E-state index contributed by atoms with van der Waals surface area (Å²) in [5, 5.41) is 2.69. The summed E-state index contributed by atoms with van der Waals surface area (Å²) in [7, 11) is -3.64. The Labute approximate surface area is 156 Å². The number of sulfonamides is 1. The first-order valence-corrected chi connectivity index (χ1v) is 10.1. The van der Waals surface area contributed by atoms with Gasteiger partial charge in [0.25, 0.3) is 5.91 Å². The fourth-order valence-electron chi connectivity index (χ4n) is 2.35.